The van der Waals surface area contributed by atoms with Crippen LogP contribution in [0.25, 0.3) is 0 Å². The number of carboxylic acids is 4. The lowest BCUT2D eigenvalue weighted by Crippen LogP contribution is -2.28. The Balaban J connectivity index is 4.87. The number of hydrogen-bond donors (Lipinski definition) is 4. The van der Waals surface area contributed by atoms with Crippen LogP contribution < -0.4 is 0 Å². The van der Waals surface area contributed by atoms with Crippen LogP contribution in [-0.4, -0.2) is 44.3 Å². The van der Waals surface area contributed by atoms with Gasteiger partial charge in [0.05, 0.1) is 11.8 Å². The highest BCUT2D eigenvalue weighted by atomic mass is 16.4. The fraction of sp³-hybridized carbons (Fsp3) is 0.667. The van der Waals surface area contributed by atoms with Crippen molar-refractivity contribution in [3.63, 3.8) is 0 Å². The van der Waals surface area contributed by atoms with E-state index in [1.807, 2.05) is 0 Å². The predicted octanol–water partition coefficient (Wildman–Crippen LogP) is 0.754. The summed E-state index contributed by atoms with van der Waals surface area (Å²) >= 11 is 0. The quantitative estimate of drug-likeness (QED) is 0.460. The molecular weight excluding hydrogens is 272 g/mol. The maximum absolute atomic E-state index is 11.0. The molecule has 4 N–H and O–H groups in total. The van der Waals surface area contributed by atoms with Crippen molar-refractivity contribution >= 4 is 23.9 Å². The molecule has 0 saturated carbocycles. The Bertz CT molecular complexity index is 389. The largest absolute Gasteiger partial charge is 0.481 e. The van der Waals surface area contributed by atoms with Gasteiger partial charge in [-0.15, -0.1) is 0 Å². The lowest BCUT2D eigenvalue weighted by Gasteiger charge is -2.22. The normalized spacial score (nSPS) is 15.1. The molecule has 0 aromatic carbocycles. The minimum Gasteiger partial charge on any atom is -0.481 e. The van der Waals surface area contributed by atoms with Crippen LogP contribution in [0.15, 0.2) is 0 Å². The van der Waals surface area contributed by atoms with Gasteiger partial charge in [-0.05, 0) is 18.8 Å². The van der Waals surface area contributed by atoms with Crippen LogP contribution >= 0.6 is 0 Å². The van der Waals surface area contributed by atoms with Gasteiger partial charge in [0, 0.05) is 12.8 Å². The maximum atomic E-state index is 11.0. The van der Waals surface area contributed by atoms with E-state index in [2.05, 4.69) is 0 Å². The van der Waals surface area contributed by atoms with E-state index in [0.717, 1.165) is 0 Å². The Kier molecular flexibility index (Phi) is 7.27. The van der Waals surface area contributed by atoms with E-state index in [1.165, 1.54) is 6.92 Å². The Morgan fingerprint density at radius 1 is 0.900 bits per heavy atom. The zero-order valence-corrected chi connectivity index (χ0v) is 11.0. The third-order valence-corrected chi connectivity index (χ3v) is 3.18. The number of rotatable bonds is 10. The third kappa shape index (κ3) is 6.72. The molecule has 114 valence electrons. The van der Waals surface area contributed by atoms with Gasteiger partial charge in [-0.25, -0.2) is 0 Å². The van der Waals surface area contributed by atoms with Crippen LogP contribution in [0.5, 0.6) is 0 Å². The van der Waals surface area contributed by atoms with Crippen LogP contribution in [0.3, 0.4) is 0 Å². The first-order chi connectivity index (χ1) is 9.15. The molecule has 3 atom stereocenters. The van der Waals surface area contributed by atoms with E-state index >= 15 is 0 Å². The molecule has 8 heteroatoms. The third-order valence-electron chi connectivity index (χ3n) is 3.18. The first kappa shape index (κ1) is 17.9. The van der Waals surface area contributed by atoms with Gasteiger partial charge in [0.25, 0.3) is 0 Å². The summed E-state index contributed by atoms with van der Waals surface area (Å²) < 4.78 is 0. The second-order valence-corrected chi connectivity index (χ2v) is 4.69. The zero-order chi connectivity index (χ0) is 15.9. The molecule has 8 nitrogen and oxygen atoms in total. The lowest BCUT2D eigenvalue weighted by atomic mass is 9.81. The first-order valence-corrected chi connectivity index (χ1v) is 6.04. The van der Waals surface area contributed by atoms with Gasteiger partial charge in [-0.1, -0.05) is 6.92 Å². The molecule has 0 amide bonds. The number of aliphatic carboxylic acids is 4. The van der Waals surface area contributed by atoms with Crippen molar-refractivity contribution in [2.24, 2.45) is 17.8 Å². The minimum absolute atomic E-state index is 0.160. The van der Waals surface area contributed by atoms with E-state index in [0.29, 0.717) is 0 Å². The second-order valence-electron chi connectivity index (χ2n) is 4.69. The van der Waals surface area contributed by atoms with Gasteiger partial charge in [-0.2, -0.15) is 0 Å². The van der Waals surface area contributed by atoms with Gasteiger partial charge in [0.15, 0.2) is 0 Å². The molecule has 0 aromatic heterocycles. The zero-order valence-electron chi connectivity index (χ0n) is 11.0. The first-order valence-electron chi connectivity index (χ1n) is 6.04. The molecular formula is C12H18O8. The van der Waals surface area contributed by atoms with Crippen molar-refractivity contribution in [2.75, 3.05) is 0 Å². The molecule has 0 aliphatic rings. The molecule has 0 rings (SSSR count). The van der Waals surface area contributed by atoms with Crippen molar-refractivity contribution < 1.29 is 39.6 Å². The van der Waals surface area contributed by atoms with Gasteiger partial charge >= 0.3 is 23.9 Å². The summed E-state index contributed by atoms with van der Waals surface area (Å²) in [4.78, 5) is 43.1. The van der Waals surface area contributed by atoms with Crippen molar-refractivity contribution in [2.45, 2.75) is 32.6 Å². The molecule has 0 fully saturated rings. The van der Waals surface area contributed by atoms with Crippen molar-refractivity contribution in [3.8, 4) is 0 Å². The highest BCUT2D eigenvalue weighted by Crippen LogP contribution is 2.27. The SMILES string of the molecule is CC(C(=O)O)C(CC(=O)O)CC(CCC(=O)O)C(=O)O. The molecule has 0 radical (unpaired) electrons. The Morgan fingerprint density at radius 2 is 1.45 bits per heavy atom. The number of carbonyl (C=O) groups is 4. The van der Waals surface area contributed by atoms with Gasteiger partial charge < -0.3 is 20.4 Å². The smallest absolute Gasteiger partial charge is 0.306 e. The summed E-state index contributed by atoms with van der Waals surface area (Å²) in [5.41, 5.74) is 0. The van der Waals surface area contributed by atoms with Crippen LogP contribution in [-0.2, 0) is 19.2 Å². The summed E-state index contributed by atoms with van der Waals surface area (Å²) in [6.45, 7) is 1.31. The summed E-state index contributed by atoms with van der Waals surface area (Å²) in [7, 11) is 0. The molecule has 3 unspecified atom stereocenters. The van der Waals surface area contributed by atoms with Crippen LogP contribution in [0.4, 0.5) is 0 Å². The molecule has 0 aliphatic carbocycles. The summed E-state index contributed by atoms with van der Waals surface area (Å²) in [6, 6.07) is 0. The highest BCUT2D eigenvalue weighted by Gasteiger charge is 2.31. The minimum atomic E-state index is -1.25. The number of hydrogen-bond acceptors (Lipinski definition) is 4. The van der Waals surface area contributed by atoms with Gasteiger partial charge in [-0.3, -0.25) is 19.2 Å². The van der Waals surface area contributed by atoms with Gasteiger partial charge in [0.2, 0.25) is 0 Å². The highest BCUT2D eigenvalue weighted by molar-refractivity contribution is 5.74. The summed E-state index contributed by atoms with van der Waals surface area (Å²) in [5.74, 6) is -7.78. The fourth-order valence-electron chi connectivity index (χ4n) is 1.90. The van der Waals surface area contributed by atoms with Crippen LogP contribution in [0.2, 0.25) is 0 Å². The van der Waals surface area contributed by atoms with Gasteiger partial charge in [0.1, 0.15) is 0 Å². The Morgan fingerprint density at radius 3 is 1.80 bits per heavy atom. The molecule has 0 spiro atoms. The van der Waals surface area contributed by atoms with Crippen molar-refractivity contribution in [3.05, 3.63) is 0 Å². The van der Waals surface area contributed by atoms with E-state index in [4.69, 9.17) is 20.4 Å². The molecule has 0 bridgehead atoms. The molecule has 0 aromatic rings. The molecule has 20 heavy (non-hydrogen) atoms. The van der Waals surface area contributed by atoms with Crippen molar-refractivity contribution in [1.82, 2.24) is 0 Å². The maximum Gasteiger partial charge on any atom is 0.306 e. The molecule has 0 saturated heterocycles. The molecule has 0 heterocycles. The standard InChI is InChI=1S/C12H18O8/c1-6(11(17)18)8(5-10(15)16)4-7(12(19)20)2-3-9(13)14/h6-8H,2-5H2,1H3,(H,13,14)(H,15,16)(H,17,18)(H,19,20). The van der Waals surface area contributed by atoms with E-state index in [-0.39, 0.29) is 19.3 Å². The monoisotopic (exact) mass is 290 g/mol. The second kappa shape index (κ2) is 8.13. The average Bonchev–Trinajstić information content (AvgIpc) is 2.30. The Hall–Kier alpha value is -2.12. The Labute approximate surface area is 115 Å². The average molecular weight is 290 g/mol. The van der Waals surface area contributed by atoms with Crippen LogP contribution in [0, 0.1) is 17.8 Å². The van der Waals surface area contributed by atoms with Crippen LogP contribution in [0.1, 0.15) is 32.6 Å². The topological polar surface area (TPSA) is 149 Å². The fourth-order valence-corrected chi connectivity index (χ4v) is 1.90. The summed E-state index contributed by atoms with van der Waals surface area (Å²) in [5, 5.41) is 35.2. The summed E-state index contributed by atoms with van der Waals surface area (Å²) in [6.07, 6.45) is -1.17. The van der Waals surface area contributed by atoms with Crippen molar-refractivity contribution in [1.29, 1.82) is 0 Å². The number of carboxylic acid groups (broad SMARTS) is 4. The van der Waals surface area contributed by atoms with E-state index < -0.39 is 48.1 Å². The van der Waals surface area contributed by atoms with E-state index in [1.54, 1.807) is 0 Å². The van der Waals surface area contributed by atoms with E-state index in [9.17, 15) is 19.2 Å². The molecule has 0 aliphatic heterocycles. The lowest BCUT2D eigenvalue weighted by molar-refractivity contribution is -0.149. The predicted molar refractivity (Wildman–Crippen MR) is 65.2 cm³/mol.